The number of hydrogen-bond donors (Lipinski definition) is 1. The van der Waals surface area contributed by atoms with E-state index in [1.54, 1.807) is 0 Å². The molecule has 72 valence electrons. The Morgan fingerprint density at radius 3 is 2.69 bits per heavy atom. The van der Waals surface area contributed by atoms with Gasteiger partial charge in [-0.3, -0.25) is 0 Å². The Kier molecular flexibility index (Phi) is 3.62. The topological polar surface area (TPSA) is 37.8 Å². The van der Waals surface area contributed by atoms with Crippen molar-refractivity contribution in [3.8, 4) is 0 Å². The third kappa shape index (κ3) is 3.28. The predicted octanol–water partition coefficient (Wildman–Crippen LogP) is 2.46. The van der Waals surface area contributed by atoms with Crippen LogP contribution in [0.1, 0.15) is 0 Å². The Balaban J connectivity index is 2.70. The molecule has 0 atom stereocenters. The molecule has 0 saturated carbocycles. The molecule has 0 aliphatic heterocycles. The average Bonchev–Trinajstić information content (AvgIpc) is 2.06. The van der Waals surface area contributed by atoms with Gasteiger partial charge in [0, 0.05) is 6.07 Å². The van der Waals surface area contributed by atoms with E-state index in [1.807, 2.05) is 0 Å². The van der Waals surface area contributed by atoms with Crippen LogP contribution in [0, 0.1) is 0 Å². The smallest absolute Gasteiger partial charge is 0.255 e. The number of nitrogens with one attached hydrogen (secondary N) is 1. The van der Waals surface area contributed by atoms with Crippen LogP contribution in [0.2, 0.25) is 10.3 Å². The zero-order chi connectivity index (χ0) is 9.84. The summed E-state index contributed by atoms with van der Waals surface area (Å²) < 4.78 is 23.6. The quantitative estimate of drug-likeness (QED) is 0.863. The highest BCUT2D eigenvalue weighted by atomic mass is 35.5. The Labute approximate surface area is 83.1 Å². The molecule has 0 bridgehead atoms. The van der Waals surface area contributed by atoms with Crippen molar-refractivity contribution < 1.29 is 8.78 Å². The fourth-order valence-corrected chi connectivity index (χ4v) is 0.970. The summed E-state index contributed by atoms with van der Waals surface area (Å²) in [4.78, 5) is 0. The zero-order valence-electron chi connectivity index (χ0n) is 6.27. The molecule has 3 nitrogen and oxygen atoms in total. The molecule has 1 aromatic heterocycles. The average molecular weight is 228 g/mol. The summed E-state index contributed by atoms with van der Waals surface area (Å²) in [5.74, 6) is 0. The molecule has 0 saturated heterocycles. The zero-order valence-corrected chi connectivity index (χ0v) is 7.78. The van der Waals surface area contributed by atoms with Gasteiger partial charge in [-0.15, -0.1) is 10.2 Å². The van der Waals surface area contributed by atoms with Gasteiger partial charge in [-0.2, -0.15) is 0 Å². The molecule has 1 aromatic rings. The lowest BCUT2D eigenvalue weighted by Crippen LogP contribution is -2.11. The van der Waals surface area contributed by atoms with Gasteiger partial charge in [0.2, 0.25) is 0 Å². The molecule has 1 N–H and O–H groups in total. The van der Waals surface area contributed by atoms with Gasteiger partial charge in [0.05, 0.1) is 12.2 Å². The van der Waals surface area contributed by atoms with Gasteiger partial charge >= 0.3 is 0 Å². The van der Waals surface area contributed by atoms with Crippen LogP contribution in [0.15, 0.2) is 6.07 Å². The normalized spacial score (nSPS) is 10.5. The summed E-state index contributed by atoms with van der Waals surface area (Å²) in [6.07, 6.45) is -2.46. The van der Waals surface area contributed by atoms with Crippen molar-refractivity contribution in [2.24, 2.45) is 0 Å². The summed E-state index contributed by atoms with van der Waals surface area (Å²) in [5.41, 5.74) is 0.252. The second-order valence-electron chi connectivity index (χ2n) is 2.14. The molecule has 0 aromatic carbocycles. The van der Waals surface area contributed by atoms with Crippen LogP contribution in [-0.2, 0) is 0 Å². The van der Waals surface area contributed by atoms with Crippen LogP contribution in [0.25, 0.3) is 0 Å². The van der Waals surface area contributed by atoms with Crippen molar-refractivity contribution in [3.05, 3.63) is 16.4 Å². The molecule has 0 aliphatic carbocycles. The van der Waals surface area contributed by atoms with Crippen molar-refractivity contribution in [2.75, 3.05) is 11.9 Å². The van der Waals surface area contributed by atoms with E-state index in [9.17, 15) is 8.78 Å². The van der Waals surface area contributed by atoms with Crippen LogP contribution in [-0.4, -0.2) is 23.2 Å². The fourth-order valence-electron chi connectivity index (χ4n) is 0.664. The number of hydrogen-bond acceptors (Lipinski definition) is 3. The Morgan fingerprint density at radius 1 is 1.38 bits per heavy atom. The number of alkyl halides is 2. The van der Waals surface area contributed by atoms with E-state index in [0.717, 1.165) is 0 Å². The molecule has 0 fully saturated rings. The van der Waals surface area contributed by atoms with Gasteiger partial charge in [-0.1, -0.05) is 23.2 Å². The lowest BCUT2D eigenvalue weighted by molar-refractivity contribution is 0.163. The summed E-state index contributed by atoms with van der Waals surface area (Å²) in [7, 11) is 0. The van der Waals surface area contributed by atoms with E-state index >= 15 is 0 Å². The van der Waals surface area contributed by atoms with Gasteiger partial charge in [0.15, 0.2) is 10.3 Å². The lowest BCUT2D eigenvalue weighted by atomic mass is 10.4. The van der Waals surface area contributed by atoms with Gasteiger partial charge in [-0.25, -0.2) is 8.78 Å². The molecule has 1 heterocycles. The van der Waals surface area contributed by atoms with Crippen molar-refractivity contribution in [1.29, 1.82) is 0 Å². The highest BCUT2D eigenvalue weighted by Gasteiger charge is 2.06. The van der Waals surface area contributed by atoms with Gasteiger partial charge in [-0.05, 0) is 0 Å². The highest BCUT2D eigenvalue weighted by Crippen LogP contribution is 2.20. The lowest BCUT2D eigenvalue weighted by Gasteiger charge is -2.05. The minimum absolute atomic E-state index is 0.0186. The molecular formula is C6H5Cl2F2N3. The maximum Gasteiger partial charge on any atom is 0.255 e. The van der Waals surface area contributed by atoms with Crippen molar-refractivity contribution >= 4 is 28.9 Å². The second kappa shape index (κ2) is 4.53. The van der Waals surface area contributed by atoms with Crippen molar-refractivity contribution in [1.82, 2.24) is 10.2 Å². The standard InChI is InChI=1S/C6H5Cl2F2N3/c7-4-1-3(6(8)13-12-4)11-2-5(9)10/h1,5H,2H2,(H,11,12). The van der Waals surface area contributed by atoms with E-state index in [-0.39, 0.29) is 16.0 Å². The minimum atomic E-state index is -2.46. The third-order valence-electron chi connectivity index (χ3n) is 1.17. The van der Waals surface area contributed by atoms with E-state index in [0.29, 0.717) is 0 Å². The van der Waals surface area contributed by atoms with Crippen LogP contribution in [0.3, 0.4) is 0 Å². The molecule has 13 heavy (non-hydrogen) atoms. The van der Waals surface area contributed by atoms with E-state index in [1.165, 1.54) is 6.07 Å². The fraction of sp³-hybridized carbons (Fsp3) is 0.333. The van der Waals surface area contributed by atoms with Crippen LogP contribution < -0.4 is 5.32 Å². The van der Waals surface area contributed by atoms with Gasteiger partial charge in [0.25, 0.3) is 6.43 Å². The minimum Gasteiger partial charge on any atom is -0.377 e. The summed E-state index contributed by atoms with van der Waals surface area (Å²) in [6, 6.07) is 1.33. The number of nitrogens with zero attached hydrogens (tertiary/aromatic N) is 2. The molecule has 0 amide bonds. The molecule has 0 radical (unpaired) electrons. The summed E-state index contributed by atoms with van der Waals surface area (Å²) in [6.45, 7) is -0.498. The first-order valence-corrected chi connectivity index (χ1v) is 4.06. The van der Waals surface area contributed by atoms with E-state index in [4.69, 9.17) is 23.2 Å². The maximum atomic E-state index is 11.8. The summed E-state index contributed by atoms with van der Waals surface area (Å²) in [5, 5.41) is 9.36. The largest absolute Gasteiger partial charge is 0.377 e. The van der Waals surface area contributed by atoms with Crippen LogP contribution in [0.5, 0.6) is 0 Å². The second-order valence-corrected chi connectivity index (χ2v) is 2.89. The number of anilines is 1. The molecule has 1 rings (SSSR count). The van der Waals surface area contributed by atoms with E-state index in [2.05, 4.69) is 15.5 Å². The number of rotatable bonds is 3. The molecule has 7 heteroatoms. The molecular weight excluding hydrogens is 223 g/mol. The predicted molar refractivity (Wildman–Crippen MR) is 46.5 cm³/mol. The van der Waals surface area contributed by atoms with Gasteiger partial charge < -0.3 is 5.32 Å². The molecule has 0 unspecified atom stereocenters. The van der Waals surface area contributed by atoms with Crippen molar-refractivity contribution in [3.63, 3.8) is 0 Å². The Morgan fingerprint density at radius 2 is 2.08 bits per heavy atom. The first kappa shape index (κ1) is 10.4. The van der Waals surface area contributed by atoms with E-state index < -0.39 is 13.0 Å². The molecule has 0 aliphatic rings. The SMILES string of the molecule is FC(F)CNc1cc(Cl)nnc1Cl. The summed E-state index contributed by atoms with van der Waals surface area (Å²) >= 11 is 11.0. The Hall–Kier alpha value is -0.680. The van der Waals surface area contributed by atoms with Gasteiger partial charge in [0.1, 0.15) is 0 Å². The van der Waals surface area contributed by atoms with Crippen LogP contribution >= 0.6 is 23.2 Å². The Bertz CT molecular complexity index is 295. The first-order valence-electron chi connectivity index (χ1n) is 3.30. The first-order chi connectivity index (χ1) is 6.09. The maximum absolute atomic E-state index is 11.8. The number of aromatic nitrogens is 2. The molecule has 0 spiro atoms. The monoisotopic (exact) mass is 227 g/mol. The number of halogens is 4. The highest BCUT2D eigenvalue weighted by molar-refractivity contribution is 6.33. The third-order valence-corrected chi connectivity index (χ3v) is 1.63. The van der Waals surface area contributed by atoms with Crippen LogP contribution in [0.4, 0.5) is 14.5 Å². The van der Waals surface area contributed by atoms with Crippen molar-refractivity contribution in [2.45, 2.75) is 6.43 Å².